The summed E-state index contributed by atoms with van der Waals surface area (Å²) in [5.41, 5.74) is 0.221. The Bertz CT molecular complexity index is 1730. The standard InChI is InChI=1S/C22H13ClF3N7O2S/c23-11-3-6-16(14(25)8-11)36(34,35)33-15-5-4-13(24)19(17(15)26)32-21-12(2-1-7-27-21)18-20-22(30-9-28-18)31-10-29-20/h1-10,33H,(H,27,32)(H,28,29,30,31). The molecule has 0 atom stereocenters. The van der Waals surface area contributed by atoms with Crippen LogP contribution in [0.2, 0.25) is 5.02 Å². The van der Waals surface area contributed by atoms with Crippen molar-refractivity contribution in [1.82, 2.24) is 24.9 Å². The van der Waals surface area contributed by atoms with Gasteiger partial charge in [0.05, 0.1) is 12.0 Å². The van der Waals surface area contributed by atoms with Crippen LogP contribution in [-0.2, 0) is 10.0 Å². The van der Waals surface area contributed by atoms with Crippen LogP contribution in [0.5, 0.6) is 0 Å². The van der Waals surface area contributed by atoms with Gasteiger partial charge >= 0.3 is 0 Å². The number of benzene rings is 2. The summed E-state index contributed by atoms with van der Waals surface area (Å²) in [6.45, 7) is 0. The van der Waals surface area contributed by atoms with Gasteiger partial charge in [-0.2, -0.15) is 0 Å². The average Bonchev–Trinajstić information content (AvgIpc) is 3.33. The molecule has 0 radical (unpaired) electrons. The first-order valence-corrected chi connectivity index (χ1v) is 11.9. The molecule has 3 aromatic heterocycles. The third-order valence-corrected chi connectivity index (χ3v) is 6.68. The van der Waals surface area contributed by atoms with E-state index in [4.69, 9.17) is 11.6 Å². The number of aromatic nitrogens is 5. The largest absolute Gasteiger partial charge is 0.335 e. The first kappa shape index (κ1) is 23.5. The minimum Gasteiger partial charge on any atom is -0.335 e. The molecule has 0 fully saturated rings. The normalized spacial score (nSPS) is 11.6. The number of pyridine rings is 1. The highest BCUT2D eigenvalue weighted by atomic mass is 35.5. The summed E-state index contributed by atoms with van der Waals surface area (Å²) in [5, 5.41) is 2.54. The average molecular weight is 532 g/mol. The van der Waals surface area contributed by atoms with E-state index in [0.717, 1.165) is 24.3 Å². The number of H-pyrrole nitrogens is 1. The van der Waals surface area contributed by atoms with Crippen molar-refractivity contribution in [2.75, 3.05) is 10.0 Å². The zero-order chi connectivity index (χ0) is 25.4. The summed E-state index contributed by atoms with van der Waals surface area (Å²) in [4.78, 5) is 18.7. The fourth-order valence-corrected chi connectivity index (χ4v) is 4.69. The van der Waals surface area contributed by atoms with Crippen molar-refractivity contribution in [3.8, 4) is 11.3 Å². The monoisotopic (exact) mass is 531 g/mol. The summed E-state index contributed by atoms with van der Waals surface area (Å²) in [6.07, 6.45) is 4.10. The lowest BCUT2D eigenvalue weighted by atomic mass is 10.1. The Labute approximate surface area is 206 Å². The third-order valence-electron chi connectivity index (χ3n) is 5.04. The van der Waals surface area contributed by atoms with E-state index in [1.54, 1.807) is 12.1 Å². The SMILES string of the molecule is O=S(=O)(Nc1ccc(F)c(Nc2ncccc2-c2ncnc3[nH]cnc23)c1F)c1ccc(Cl)cc1F. The number of imidazole rings is 1. The number of sulfonamides is 1. The predicted octanol–water partition coefficient (Wildman–Crippen LogP) is 5.03. The van der Waals surface area contributed by atoms with Gasteiger partial charge in [0.2, 0.25) is 0 Å². The summed E-state index contributed by atoms with van der Waals surface area (Å²) in [7, 11) is -4.57. The van der Waals surface area contributed by atoms with Gasteiger partial charge in [-0.3, -0.25) is 4.72 Å². The molecule has 0 aliphatic rings. The quantitative estimate of drug-likeness (QED) is 0.280. The Balaban J connectivity index is 1.53. The number of hydrogen-bond donors (Lipinski definition) is 3. The van der Waals surface area contributed by atoms with Crippen LogP contribution >= 0.6 is 11.6 Å². The van der Waals surface area contributed by atoms with Crippen molar-refractivity contribution in [2.45, 2.75) is 4.90 Å². The number of nitrogens with zero attached hydrogens (tertiary/aromatic N) is 4. The lowest BCUT2D eigenvalue weighted by Gasteiger charge is -2.15. The smallest absolute Gasteiger partial charge is 0.264 e. The van der Waals surface area contributed by atoms with Crippen LogP contribution < -0.4 is 10.0 Å². The van der Waals surface area contributed by atoms with Gasteiger partial charge in [-0.25, -0.2) is 41.5 Å². The summed E-state index contributed by atoms with van der Waals surface area (Å²) >= 11 is 5.67. The summed E-state index contributed by atoms with van der Waals surface area (Å²) in [6, 6.07) is 7.82. The van der Waals surface area contributed by atoms with Crippen LogP contribution in [0.25, 0.3) is 22.4 Å². The maximum absolute atomic E-state index is 15.4. The molecule has 0 spiro atoms. The molecular formula is C22H13ClF3N7O2S. The molecule has 0 amide bonds. The Morgan fingerprint density at radius 2 is 1.78 bits per heavy atom. The molecule has 9 nitrogen and oxygen atoms in total. The van der Waals surface area contributed by atoms with Crippen molar-refractivity contribution in [1.29, 1.82) is 0 Å². The Morgan fingerprint density at radius 1 is 0.944 bits per heavy atom. The minimum absolute atomic E-state index is 0.0158. The molecule has 0 unspecified atom stereocenters. The highest BCUT2D eigenvalue weighted by Gasteiger charge is 2.24. The second-order valence-corrected chi connectivity index (χ2v) is 9.40. The minimum atomic E-state index is -4.57. The fraction of sp³-hybridized carbons (Fsp3) is 0. The van der Waals surface area contributed by atoms with Gasteiger partial charge in [-0.15, -0.1) is 0 Å². The van der Waals surface area contributed by atoms with E-state index >= 15 is 4.39 Å². The second kappa shape index (κ2) is 9.09. The highest BCUT2D eigenvalue weighted by molar-refractivity contribution is 7.92. The van der Waals surface area contributed by atoms with E-state index in [2.05, 4.69) is 30.2 Å². The molecule has 0 saturated heterocycles. The molecule has 0 saturated carbocycles. The lowest BCUT2D eigenvalue weighted by Crippen LogP contribution is -2.16. The number of fused-ring (bicyclic) bond motifs is 1. The first-order chi connectivity index (χ1) is 17.2. The van der Waals surface area contributed by atoms with Gasteiger partial charge in [0.15, 0.2) is 11.5 Å². The molecule has 3 N–H and O–H groups in total. The van der Waals surface area contributed by atoms with Gasteiger partial charge in [0.1, 0.15) is 45.6 Å². The zero-order valence-electron chi connectivity index (χ0n) is 17.8. The van der Waals surface area contributed by atoms with Crippen molar-refractivity contribution < 1.29 is 21.6 Å². The van der Waals surface area contributed by atoms with Crippen LogP contribution in [0.1, 0.15) is 0 Å². The van der Waals surface area contributed by atoms with E-state index in [9.17, 15) is 17.2 Å². The van der Waals surface area contributed by atoms with Crippen LogP contribution in [0.4, 0.5) is 30.4 Å². The van der Waals surface area contributed by atoms with Gasteiger partial charge in [0.25, 0.3) is 10.0 Å². The van der Waals surface area contributed by atoms with Gasteiger partial charge in [-0.05, 0) is 42.5 Å². The van der Waals surface area contributed by atoms with Crippen molar-refractivity contribution in [2.24, 2.45) is 0 Å². The Hall–Kier alpha value is -4.23. The molecule has 14 heteroatoms. The first-order valence-electron chi connectivity index (χ1n) is 10.1. The maximum atomic E-state index is 15.4. The molecule has 0 bridgehead atoms. The Kier molecular flexibility index (Phi) is 5.94. The number of halogens is 4. The van der Waals surface area contributed by atoms with E-state index < -0.39 is 43.7 Å². The predicted molar refractivity (Wildman–Crippen MR) is 127 cm³/mol. The van der Waals surface area contributed by atoms with Gasteiger partial charge in [0, 0.05) is 16.8 Å². The van der Waals surface area contributed by atoms with E-state index in [1.165, 1.54) is 24.9 Å². The van der Waals surface area contributed by atoms with E-state index in [0.29, 0.717) is 22.4 Å². The molecule has 0 aliphatic heterocycles. The van der Waals surface area contributed by atoms with E-state index in [1.807, 2.05) is 4.72 Å². The van der Waals surface area contributed by atoms with Crippen LogP contribution in [-0.4, -0.2) is 33.3 Å². The highest BCUT2D eigenvalue weighted by Crippen LogP contribution is 2.34. The fourth-order valence-electron chi connectivity index (χ4n) is 3.41. The van der Waals surface area contributed by atoms with Crippen LogP contribution in [0.15, 0.2) is 66.2 Å². The van der Waals surface area contributed by atoms with Crippen molar-refractivity contribution >= 4 is 50.0 Å². The summed E-state index contributed by atoms with van der Waals surface area (Å²) < 4.78 is 71.5. The van der Waals surface area contributed by atoms with Gasteiger partial charge in [-0.1, -0.05) is 11.6 Å². The molecule has 182 valence electrons. The molecule has 5 rings (SSSR count). The number of anilines is 3. The molecular weight excluding hydrogens is 519 g/mol. The van der Waals surface area contributed by atoms with Crippen molar-refractivity contribution in [3.05, 3.63) is 83.8 Å². The Morgan fingerprint density at radius 3 is 2.58 bits per heavy atom. The second-order valence-electron chi connectivity index (χ2n) is 7.31. The van der Waals surface area contributed by atoms with Crippen LogP contribution in [0.3, 0.4) is 0 Å². The number of rotatable bonds is 6. The van der Waals surface area contributed by atoms with Crippen molar-refractivity contribution in [3.63, 3.8) is 0 Å². The number of aromatic amines is 1. The zero-order valence-corrected chi connectivity index (χ0v) is 19.4. The number of nitrogens with one attached hydrogen (secondary N) is 3. The molecule has 3 heterocycles. The molecule has 2 aromatic carbocycles. The number of hydrogen-bond acceptors (Lipinski definition) is 7. The van der Waals surface area contributed by atoms with Gasteiger partial charge < -0.3 is 10.3 Å². The molecule has 5 aromatic rings. The maximum Gasteiger partial charge on any atom is 0.264 e. The van der Waals surface area contributed by atoms with E-state index in [-0.39, 0.29) is 10.8 Å². The summed E-state index contributed by atoms with van der Waals surface area (Å²) in [5.74, 6) is -3.43. The molecule has 36 heavy (non-hydrogen) atoms. The topological polar surface area (TPSA) is 126 Å². The molecule has 0 aliphatic carbocycles. The van der Waals surface area contributed by atoms with Crippen LogP contribution in [0, 0.1) is 17.5 Å². The third kappa shape index (κ3) is 4.29. The lowest BCUT2D eigenvalue weighted by molar-refractivity contribution is 0.568.